The van der Waals surface area contributed by atoms with Crippen LogP contribution in [-0.2, 0) is 19.2 Å². The van der Waals surface area contributed by atoms with Crippen molar-refractivity contribution in [3.63, 3.8) is 0 Å². The summed E-state index contributed by atoms with van der Waals surface area (Å²) < 4.78 is 0. The summed E-state index contributed by atoms with van der Waals surface area (Å²) in [7, 11) is 0. The maximum absolute atomic E-state index is 13.9. The van der Waals surface area contributed by atoms with Gasteiger partial charge < -0.3 is 20.9 Å². The molecule has 2 aliphatic carbocycles. The van der Waals surface area contributed by atoms with E-state index in [1.807, 2.05) is 41.5 Å². The molecule has 1 heterocycles. The number of hydrogen-bond acceptors (Lipinski definition) is 5. The fourth-order valence-electron chi connectivity index (χ4n) is 5.88. The van der Waals surface area contributed by atoms with Gasteiger partial charge in [-0.3, -0.25) is 20.1 Å². The third-order valence-electron chi connectivity index (χ3n) is 8.34. The van der Waals surface area contributed by atoms with E-state index in [1.165, 1.54) is 0 Å². The first-order valence-corrected chi connectivity index (χ1v) is 13.4. The molecule has 3 aliphatic rings. The van der Waals surface area contributed by atoms with Crippen LogP contribution >= 0.6 is 0 Å². The standard InChI is InChI=1S/C27H45N5O5/c1-25(2,3)20(30-24(37)31-26(4,5)6)23(36)32-13-15-17(27(15,7)8)18(32)22(35)29-16(19(33)21(28)34)12-14-10-9-11-14/h14-18,20H,9-13H2,1-8H3,(H2,28,34)(H,29,35)(H2,30,31,37)/p+1. The molecule has 5 unspecified atom stereocenters. The number of nitrogens with zero attached hydrogens (tertiary/aromatic N) is 1. The van der Waals surface area contributed by atoms with Gasteiger partial charge in [-0.05, 0) is 55.8 Å². The van der Waals surface area contributed by atoms with Crippen LogP contribution in [0, 0.1) is 28.6 Å². The highest BCUT2D eigenvalue weighted by Crippen LogP contribution is 2.65. The van der Waals surface area contributed by atoms with Crippen LogP contribution in [0.15, 0.2) is 0 Å². The Morgan fingerprint density at radius 3 is 2.05 bits per heavy atom. The summed E-state index contributed by atoms with van der Waals surface area (Å²) in [5.41, 5.74) is 2.04. The number of amides is 5. The van der Waals surface area contributed by atoms with Crippen molar-refractivity contribution >= 4 is 29.5 Å². The molecular formula is C27H46N5O5+. The van der Waals surface area contributed by atoms with Gasteiger partial charge in [-0.2, -0.15) is 0 Å². The van der Waals surface area contributed by atoms with Crippen molar-refractivity contribution in [2.45, 2.75) is 105 Å². The molecule has 0 aromatic carbocycles. The lowest BCUT2D eigenvalue weighted by Crippen LogP contribution is -2.66. The van der Waals surface area contributed by atoms with Crippen LogP contribution in [0.3, 0.4) is 0 Å². The van der Waals surface area contributed by atoms with E-state index in [-0.39, 0.29) is 29.1 Å². The summed E-state index contributed by atoms with van der Waals surface area (Å²) >= 11 is 0. The summed E-state index contributed by atoms with van der Waals surface area (Å²) in [5.74, 6) is -1.89. The number of hydrogen-bond donors (Lipinski definition) is 4. The van der Waals surface area contributed by atoms with E-state index in [0.29, 0.717) is 13.0 Å². The van der Waals surface area contributed by atoms with Gasteiger partial charge in [-0.15, -0.1) is 0 Å². The summed E-state index contributed by atoms with van der Waals surface area (Å²) in [6, 6.07) is -3.03. The molecule has 5 atom stereocenters. The van der Waals surface area contributed by atoms with Crippen molar-refractivity contribution in [2.24, 2.45) is 28.6 Å². The lowest BCUT2D eigenvalue weighted by Gasteiger charge is -2.38. The van der Waals surface area contributed by atoms with Crippen LogP contribution < -0.4 is 21.7 Å². The Hall–Kier alpha value is -2.49. The van der Waals surface area contributed by atoms with Crippen molar-refractivity contribution in [3.8, 4) is 0 Å². The fraction of sp³-hybridized carbons (Fsp3) is 0.815. The maximum Gasteiger partial charge on any atom is 0.379 e. The Bertz CT molecular complexity index is 959. The molecule has 0 aromatic heterocycles. The second-order valence-corrected chi connectivity index (χ2v) is 13.9. The zero-order valence-corrected chi connectivity index (χ0v) is 23.7. The van der Waals surface area contributed by atoms with E-state index in [0.717, 1.165) is 19.3 Å². The number of piperidine rings is 1. The van der Waals surface area contributed by atoms with Gasteiger partial charge in [0.15, 0.2) is 0 Å². The van der Waals surface area contributed by atoms with E-state index in [2.05, 4.69) is 35.5 Å². The van der Waals surface area contributed by atoms with Crippen molar-refractivity contribution in [1.82, 2.24) is 20.9 Å². The van der Waals surface area contributed by atoms with Crippen LogP contribution in [0.25, 0.3) is 0 Å². The molecule has 2 saturated carbocycles. The molecule has 1 saturated heterocycles. The minimum absolute atomic E-state index is 0.0598. The van der Waals surface area contributed by atoms with Crippen molar-refractivity contribution in [2.75, 3.05) is 6.54 Å². The quantitative estimate of drug-likeness (QED) is 0.352. The smallest absolute Gasteiger partial charge is 0.344 e. The molecule has 208 valence electrons. The van der Waals surface area contributed by atoms with Gasteiger partial charge in [0.05, 0.1) is 0 Å². The lowest BCUT2D eigenvalue weighted by molar-refractivity contribution is -0.300. The molecule has 10 nitrogen and oxygen atoms in total. The predicted octanol–water partition coefficient (Wildman–Crippen LogP) is 0.994. The number of Topliss-reactive ketones (excluding diaryl/α,β-unsaturated/α-hetero) is 1. The highest BCUT2D eigenvalue weighted by atomic mass is 16.2. The van der Waals surface area contributed by atoms with E-state index >= 15 is 0 Å². The van der Waals surface area contributed by atoms with Crippen LogP contribution in [-0.4, -0.2) is 64.6 Å². The number of fused-ring (bicyclic) bond motifs is 1. The summed E-state index contributed by atoms with van der Waals surface area (Å²) in [6.07, 6.45) is 3.41. The molecule has 37 heavy (non-hydrogen) atoms. The van der Waals surface area contributed by atoms with Crippen LogP contribution in [0.5, 0.6) is 0 Å². The third kappa shape index (κ3) is 6.33. The zero-order chi connectivity index (χ0) is 28.1. The number of likely N-dealkylation sites (tertiary alicyclic amines) is 1. The average molecular weight is 521 g/mol. The molecule has 1 aliphatic heterocycles. The Kier molecular flexibility index (Phi) is 7.86. The number of urea groups is 1. The van der Waals surface area contributed by atoms with Gasteiger partial charge in [0.25, 0.3) is 5.78 Å². The van der Waals surface area contributed by atoms with Gasteiger partial charge in [0.2, 0.25) is 11.8 Å². The topological polar surface area (TPSA) is 152 Å². The van der Waals surface area contributed by atoms with Gasteiger partial charge in [-0.1, -0.05) is 53.9 Å². The minimum Gasteiger partial charge on any atom is -0.344 e. The number of quaternary nitrogens is 1. The number of carbonyl (C=O) groups is 5. The molecular weight excluding hydrogens is 474 g/mol. The molecule has 5 amide bonds. The van der Waals surface area contributed by atoms with Crippen molar-refractivity contribution < 1.29 is 29.7 Å². The fourth-order valence-corrected chi connectivity index (χ4v) is 5.88. The molecule has 0 bridgehead atoms. The average Bonchev–Trinajstić information content (AvgIpc) is 3.06. The normalized spacial score (nSPS) is 26.3. The Morgan fingerprint density at radius 2 is 1.59 bits per heavy atom. The minimum atomic E-state index is -0.935. The summed E-state index contributed by atoms with van der Waals surface area (Å²) in [4.78, 5) is 66.3. The van der Waals surface area contributed by atoms with Crippen molar-refractivity contribution in [1.29, 1.82) is 0 Å². The zero-order valence-electron chi connectivity index (χ0n) is 23.7. The van der Waals surface area contributed by atoms with E-state index in [1.54, 1.807) is 4.90 Å². The first-order valence-electron chi connectivity index (χ1n) is 13.4. The molecule has 3 rings (SSSR count). The van der Waals surface area contributed by atoms with Crippen molar-refractivity contribution in [3.05, 3.63) is 0 Å². The van der Waals surface area contributed by atoms with Gasteiger partial charge >= 0.3 is 11.9 Å². The first kappa shape index (κ1) is 29.1. The number of ketones is 1. The highest BCUT2D eigenvalue weighted by molar-refractivity contribution is 6.34. The van der Waals surface area contributed by atoms with Gasteiger partial charge in [0, 0.05) is 12.1 Å². The first-order chi connectivity index (χ1) is 16.8. The van der Waals surface area contributed by atoms with E-state index < -0.39 is 52.7 Å². The third-order valence-corrected chi connectivity index (χ3v) is 8.34. The molecule has 0 aromatic rings. The van der Waals surface area contributed by atoms with Gasteiger partial charge in [-0.25, -0.2) is 9.59 Å². The number of carbonyl (C=O) groups excluding carboxylic acids is 5. The monoisotopic (exact) mass is 520 g/mol. The maximum atomic E-state index is 13.9. The largest absolute Gasteiger partial charge is 0.379 e. The Morgan fingerprint density at radius 1 is 1.00 bits per heavy atom. The second kappa shape index (κ2) is 10.0. The SMILES string of the molecule is CC(C)(C)NC(=O)NC(C(=O)N1CC2C(C1C(=O)NC(CC1CCC1)C(=O)C([NH3+])=O)C2(C)C)C(C)(C)C. The van der Waals surface area contributed by atoms with Gasteiger partial charge in [0.1, 0.15) is 18.1 Å². The Labute approximate surface area is 220 Å². The number of rotatable bonds is 8. The second-order valence-electron chi connectivity index (χ2n) is 13.9. The Balaban J connectivity index is 1.83. The molecule has 6 N–H and O–H groups in total. The van der Waals surface area contributed by atoms with Crippen LogP contribution in [0.1, 0.15) is 81.1 Å². The summed E-state index contributed by atoms with van der Waals surface area (Å²) in [6.45, 7) is 15.7. The van der Waals surface area contributed by atoms with E-state index in [9.17, 15) is 24.0 Å². The molecule has 10 heteroatoms. The lowest BCUT2D eigenvalue weighted by atomic mass is 9.80. The summed E-state index contributed by atoms with van der Waals surface area (Å²) in [5, 5.41) is 8.50. The molecule has 0 radical (unpaired) electrons. The van der Waals surface area contributed by atoms with Crippen LogP contribution in [0.4, 0.5) is 4.79 Å². The number of nitrogens with one attached hydrogen (secondary N) is 3. The predicted molar refractivity (Wildman–Crippen MR) is 138 cm³/mol. The van der Waals surface area contributed by atoms with E-state index in [4.69, 9.17) is 0 Å². The van der Waals surface area contributed by atoms with Crippen LogP contribution in [0.2, 0.25) is 0 Å². The molecule has 0 spiro atoms. The highest BCUT2D eigenvalue weighted by Gasteiger charge is 2.70. The molecule has 3 fully saturated rings.